The molecule has 2 amide bonds. The third kappa shape index (κ3) is 9.11. The van der Waals surface area contributed by atoms with E-state index in [2.05, 4.69) is 5.32 Å². The van der Waals surface area contributed by atoms with E-state index in [1.54, 1.807) is 24.0 Å². The highest BCUT2D eigenvalue weighted by molar-refractivity contribution is 6.30. The predicted molar refractivity (Wildman–Crippen MR) is 125 cm³/mol. The highest BCUT2D eigenvalue weighted by Crippen LogP contribution is 2.15. The molecule has 0 fully saturated rings. The summed E-state index contributed by atoms with van der Waals surface area (Å²) in [5.41, 5.74) is 2.03. The van der Waals surface area contributed by atoms with E-state index >= 15 is 0 Å². The van der Waals surface area contributed by atoms with Crippen molar-refractivity contribution >= 4 is 23.4 Å². The number of nitrogens with zero attached hydrogens (tertiary/aromatic N) is 1. The number of carbonyl (C=O) groups is 2. The number of ether oxygens (including phenoxy) is 1. The van der Waals surface area contributed by atoms with Crippen molar-refractivity contribution in [2.75, 3.05) is 13.2 Å². The van der Waals surface area contributed by atoms with Crippen LogP contribution in [0.5, 0.6) is 0 Å². The van der Waals surface area contributed by atoms with Gasteiger partial charge in [-0.1, -0.05) is 54.1 Å². The summed E-state index contributed by atoms with van der Waals surface area (Å²) in [5.74, 6) is -0.212. The van der Waals surface area contributed by atoms with Gasteiger partial charge in [-0.3, -0.25) is 9.59 Å². The summed E-state index contributed by atoms with van der Waals surface area (Å²) in [5, 5.41) is 3.57. The molecule has 0 heterocycles. The van der Waals surface area contributed by atoms with Gasteiger partial charge in [-0.25, -0.2) is 0 Å². The van der Waals surface area contributed by atoms with Crippen molar-refractivity contribution in [2.45, 2.75) is 58.7 Å². The topological polar surface area (TPSA) is 58.6 Å². The number of rotatable bonds is 12. The summed E-state index contributed by atoms with van der Waals surface area (Å²) in [7, 11) is 0. The van der Waals surface area contributed by atoms with E-state index in [1.807, 2.05) is 56.3 Å². The van der Waals surface area contributed by atoms with Gasteiger partial charge < -0.3 is 15.0 Å². The molecule has 5 nitrogen and oxygen atoms in total. The Hall–Kier alpha value is -2.37. The van der Waals surface area contributed by atoms with E-state index in [0.717, 1.165) is 17.5 Å². The average Bonchev–Trinajstić information content (AvgIpc) is 2.76. The van der Waals surface area contributed by atoms with Gasteiger partial charge in [0.05, 0.1) is 6.10 Å². The lowest BCUT2D eigenvalue weighted by molar-refractivity contribution is -0.140. The fourth-order valence-electron chi connectivity index (χ4n) is 3.16. The molecule has 2 rings (SSSR count). The zero-order valence-electron chi connectivity index (χ0n) is 18.6. The molecule has 0 aliphatic rings. The van der Waals surface area contributed by atoms with Gasteiger partial charge in [0, 0.05) is 31.1 Å². The number of carbonyl (C=O) groups excluding carboxylic acids is 2. The van der Waals surface area contributed by atoms with Crippen LogP contribution in [0.1, 0.15) is 44.7 Å². The minimum absolute atomic E-state index is 0.0513. The van der Waals surface area contributed by atoms with E-state index in [1.165, 1.54) is 0 Å². The van der Waals surface area contributed by atoms with Crippen molar-refractivity contribution in [3.63, 3.8) is 0 Å². The third-order valence-electron chi connectivity index (χ3n) is 4.98. The first-order valence-corrected chi connectivity index (χ1v) is 11.2. The normalized spacial score (nSPS) is 11.9. The molecule has 1 atom stereocenters. The number of hydrogen-bond donors (Lipinski definition) is 1. The van der Waals surface area contributed by atoms with Crippen LogP contribution in [-0.2, 0) is 27.3 Å². The molecular weight excluding hydrogens is 412 g/mol. The van der Waals surface area contributed by atoms with Crippen LogP contribution in [-0.4, -0.2) is 42.0 Å². The van der Waals surface area contributed by atoms with Crippen molar-refractivity contribution < 1.29 is 14.3 Å². The molecule has 2 aromatic rings. The largest absolute Gasteiger partial charge is 0.379 e. The lowest BCUT2D eigenvalue weighted by Gasteiger charge is -2.29. The predicted octanol–water partition coefficient (Wildman–Crippen LogP) is 4.62. The molecule has 1 N–H and O–H groups in total. The Kier molecular flexibility index (Phi) is 10.5. The van der Waals surface area contributed by atoms with E-state index in [-0.39, 0.29) is 17.9 Å². The van der Waals surface area contributed by atoms with Gasteiger partial charge in [-0.2, -0.15) is 0 Å². The fourth-order valence-corrected chi connectivity index (χ4v) is 3.29. The van der Waals surface area contributed by atoms with Gasteiger partial charge in [-0.05, 0) is 56.9 Å². The second kappa shape index (κ2) is 13.1. The molecular formula is C25H33ClN2O3. The highest BCUT2D eigenvalue weighted by atomic mass is 35.5. The van der Waals surface area contributed by atoms with Crippen molar-refractivity contribution in [3.8, 4) is 0 Å². The number of amides is 2. The number of hydrogen-bond acceptors (Lipinski definition) is 3. The van der Waals surface area contributed by atoms with Gasteiger partial charge in [-0.15, -0.1) is 0 Å². The molecule has 0 saturated heterocycles. The second-order valence-corrected chi connectivity index (χ2v) is 8.31. The summed E-state index contributed by atoms with van der Waals surface area (Å²) < 4.78 is 5.51. The smallest absolute Gasteiger partial charge is 0.242 e. The average molecular weight is 445 g/mol. The van der Waals surface area contributed by atoms with Crippen molar-refractivity contribution in [2.24, 2.45) is 0 Å². The van der Waals surface area contributed by atoms with E-state index in [9.17, 15) is 9.59 Å². The number of nitrogens with one attached hydrogen (secondary N) is 1. The molecule has 0 spiro atoms. The van der Waals surface area contributed by atoms with E-state index < -0.39 is 6.04 Å². The summed E-state index contributed by atoms with van der Waals surface area (Å²) in [6, 6.07) is 16.7. The van der Waals surface area contributed by atoms with E-state index in [0.29, 0.717) is 37.6 Å². The zero-order chi connectivity index (χ0) is 22.6. The van der Waals surface area contributed by atoms with Crippen LogP contribution in [0.25, 0.3) is 0 Å². The third-order valence-corrected chi connectivity index (χ3v) is 5.23. The van der Waals surface area contributed by atoms with Gasteiger partial charge in [0.15, 0.2) is 0 Å². The van der Waals surface area contributed by atoms with Gasteiger partial charge >= 0.3 is 0 Å². The lowest BCUT2D eigenvalue weighted by Crippen LogP contribution is -2.48. The molecule has 0 saturated carbocycles. The Morgan fingerprint density at radius 3 is 2.32 bits per heavy atom. The Bertz CT molecular complexity index is 809. The SMILES string of the molecule is CC(C)OCCCNC(=O)C(C)N(Cc1ccc(Cl)cc1)C(=O)CCc1ccccc1. The van der Waals surface area contributed by atoms with Crippen LogP contribution >= 0.6 is 11.6 Å². The molecule has 0 aliphatic carbocycles. The molecule has 0 aliphatic heterocycles. The van der Waals surface area contributed by atoms with Gasteiger partial charge in [0.2, 0.25) is 11.8 Å². The minimum atomic E-state index is -0.579. The Balaban J connectivity index is 2.00. The first kappa shape index (κ1) is 24.9. The highest BCUT2D eigenvalue weighted by Gasteiger charge is 2.25. The number of aryl methyl sites for hydroxylation is 1. The van der Waals surface area contributed by atoms with Gasteiger partial charge in [0.1, 0.15) is 6.04 Å². The van der Waals surface area contributed by atoms with Gasteiger partial charge in [0.25, 0.3) is 0 Å². The van der Waals surface area contributed by atoms with Crippen LogP contribution < -0.4 is 5.32 Å². The zero-order valence-corrected chi connectivity index (χ0v) is 19.4. The number of halogens is 1. The molecule has 168 valence electrons. The molecule has 31 heavy (non-hydrogen) atoms. The summed E-state index contributed by atoms with van der Waals surface area (Å²) in [6.07, 6.45) is 1.89. The molecule has 2 aromatic carbocycles. The first-order chi connectivity index (χ1) is 14.9. The Morgan fingerprint density at radius 1 is 1.00 bits per heavy atom. The Labute approximate surface area is 190 Å². The van der Waals surface area contributed by atoms with Crippen LogP contribution in [0.2, 0.25) is 5.02 Å². The van der Waals surface area contributed by atoms with E-state index in [4.69, 9.17) is 16.3 Å². The first-order valence-electron chi connectivity index (χ1n) is 10.8. The molecule has 0 aromatic heterocycles. The molecule has 0 radical (unpaired) electrons. The lowest BCUT2D eigenvalue weighted by atomic mass is 10.1. The maximum atomic E-state index is 13.1. The maximum Gasteiger partial charge on any atom is 0.242 e. The van der Waals surface area contributed by atoms with Crippen molar-refractivity contribution in [3.05, 3.63) is 70.7 Å². The second-order valence-electron chi connectivity index (χ2n) is 7.87. The van der Waals surface area contributed by atoms with Crippen LogP contribution in [0.15, 0.2) is 54.6 Å². The Morgan fingerprint density at radius 2 is 1.68 bits per heavy atom. The van der Waals surface area contributed by atoms with Crippen LogP contribution in [0.4, 0.5) is 0 Å². The van der Waals surface area contributed by atoms with Crippen LogP contribution in [0.3, 0.4) is 0 Å². The molecule has 1 unspecified atom stereocenters. The monoisotopic (exact) mass is 444 g/mol. The minimum Gasteiger partial charge on any atom is -0.379 e. The van der Waals surface area contributed by atoms with Crippen LogP contribution in [0, 0.1) is 0 Å². The van der Waals surface area contributed by atoms with Crippen molar-refractivity contribution in [1.82, 2.24) is 10.2 Å². The number of benzene rings is 2. The summed E-state index contributed by atoms with van der Waals surface area (Å²) in [4.78, 5) is 27.5. The standard InChI is InChI=1S/C25H33ClN2O3/c1-19(2)31-17-7-16-27-25(30)20(3)28(18-22-10-13-23(26)14-11-22)24(29)15-12-21-8-5-4-6-9-21/h4-6,8-11,13-14,19-20H,7,12,15-18H2,1-3H3,(H,27,30). The van der Waals surface area contributed by atoms with Crippen molar-refractivity contribution in [1.29, 1.82) is 0 Å². The summed E-state index contributed by atoms with van der Waals surface area (Å²) >= 11 is 5.99. The fraction of sp³-hybridized carbons (Fsp3) is 0.440. The quantitative estimate of drug-likeness (QED) is 0.486. The maximum absolute atomic E-state index is 13.1. The summed E-state index contributed by atoms with van der Waals surface area (Å²) in [6.45, 7) is 7.21. The molecule has 6 heteroatoms. The molecule has 0 bridgehead atoms.